The van der Waals surface area contributed by atoms with Crippen LogP contribution in [0.2, 0.25) is 5.02 Å². The number of hydrogen-bond donors (Lipinski definition) is 1. The molecule has 1 aromatic carbocycles. The molecule has 0 saturated carbocycles. The number of nitrogens with one attached hydrogen (secondary N) is 1. The number of hydrogen-bond acceptors (Lipinski definition) is 2. The molecule has 0 fully saturated rings. The monoisotopic (exact) mass is 286 g/mol. The summed E-state index contributed by atoms with van der Waals surface area (Å²) in [6.07, 6.45) is 0. The van der Waals surface area contributed by atoms with Crippen molar-refractivity contribution in [2.45, 2.75) is 39.8 Å². The number of likely N-dealkylation sites (N-methyl/N-ethyl adjacent to an activating group) is 1. The van der Waals surface area contributed by atoms with Crippen LogP contribution in [0.25, 0.3) is 0 Å². The molecule has 108 valence electrons. The molecule has 0 bridgehead atoms. The molecule has 2 nitrogen and oxygen atoms in total. The van der Waals surface area contributed by atoms with E-state index in [-0.39, 0.29) is 16.9 Å². The predicted molar refractivity (Wildman–Crippen MR) is 80.2 cm³/mol. The molecule has 1 N–H and O–H groups in total. The Labute approximate surface area is 120 Å². The molecule has 4 heteroatoms. The van der Waals surface area contributed by atoms with Gasteiger partial charge in [0.2, 0.25) is 0 Å². The zero-order valence-electron chi connectivity index (χ0n) is 12.2. The predicted octanol–water partition coefficient (Wildman–Crippen LogP) is 3.86. The number of rotatable bonds is 7. The molecule has 0 spiro atoms. The molecule has 2 atom stereocenters. The lowest BCUT2D eigenvalue weighted by Gasteiger charge is -2.26. The highest BCUT2D eigenvalue weighted by Crippen LogP contribution is 2.20. The highest BCUT2D eigenvalue weighted by Gasteiger charge is 2.13. The van der Waals surface area contributed by atoms with Gasteiger partial charge in [-0.1, -0.05) is 31.5 Å². The largest absolute Gasteiger partial charge is 0.306 e. The van der Waals surface area contributed by atoms with Gasteiger partial charge in [-0.05, 0) is 44.6 Å². The molecule has 0 aliphatic carbocycles. The van der Waals surface area contributed by atoms with Gasteiger partial charge in [-0.3, -0.25) is 0 Å². The van der Waals surface area contributed by atoms with Crippen molar-refractivity contribution in [3.05, 3.63) is 34.6 Å². The topological polar surface area (TPSA) is 15.3 Å². The summed E-state index contributed by atoms with van der Waals surface area (Å²) in [5.74, 6) is -0.357. The molecule has 0 amide bonds. The molecule has 0 aliphatic heterocycles. The van der Waals surface area contributed by atoms with Crippen molar-refractivity contribution < 1.29 is 4.39 Å². The first-order chi connectivity index (χ1) is 8.97. The summed E-state index contributed by atoms with van der Waals surface area (Å²) in [7, 11) is 0. The van der Waals surface area contributed by atoms with Gasteiger partial charge >= 0.3 is 0 Å². The molecule has 1 aromatic rings. The summed E-state index contributed by atoms with van der Waals surface area (Å²) >= 11 is 5.70. The first-order valence-electron chi connectivity index (χ1n) is 6.91. The van der Waals surface area contributed by atoms with E-state index in [9.17, 15) is 4.39 Å². The number of benzene rings is 1. The van der Waals surface area contributed by atoms with Crippen LogP contribution < -0.4 is 5.32 Å². The standard InChI is InChI=1S/C15H24ClFN2/c1-5-19(6-2)10-11(3)18-12(4)13-7-8-14(16)15(17)9-13/h7-9,11-12,18H,5-6,10H2,1-4H3. The Balaban J connectivity index is 2.58. The summed E-state index contributed by atoms with van der Waals surface area (Å²) in [5, 5.41) is 3.66. The van der Waals surface area contributed by atoms with Gasteiger partial charge in [0.05, 0.1) is 5.02 Å². The number of nitrogens with zero attached hydrogens (tertiary/aromatic N) is 1. The highest BCUT2D eigenvalue weighted by molar-refractivity contribution is 6.30. The Morgan fingerprint density at radius 3 is 2.42 bits per heavy atom. The molecule has 19 heavy (non-hydrogen) atoms. The average Bonchev–Trinajstić information content (AvgIpc) is 2.38. The first-order valence-corrected chi connectivity index (χ1v) is 7.29. The lowest BCUT2D eigenvalue weighted by molar-refractivity contribution is 0.264. The van der Waals surface area contributed by atoms with Gasteiger partial charge < -0.3 is 10.2 Å². The van der Waals surface area contributed by atoms with E-state index in [0.717, 1.165) is 25.2 Å². The van der Waals surface area contributed by atoms with Crippen LogP contribution in [-0.4, -0.2) is 30.6 Å². The Morgan fingerprint density at radius 2 is 1.89 bits per heavy atom. The molecule has 0 aromatic heterocycles. The van der Waals surface area contributed by atoms with Crippen molar-refractivity contribution in [1.29, 1.82) is 0 Å². The zero-order chi connectivity index (χ0) is 14.4. The van der Waals surface area contributed by atoms with Crippen molar-refractivity contribution in [1.82, 2.24) is 10.2 Å². The molecular formula is C15H24ClFN2. The second-order valence-electron chi connectivity index (χ2n) is 4.95. The van der Waals surface area contributed by atoms with Crippen LogP contribution in [0, 0.1) is 5.82 Å². The fraction of sp³-hybridized carbons (Fsp3) is 0.600. The third-order valence-corrected chi connectivity index (χ3v) is 3.71. The van der Waals surface area contributed by atoms with Crippen LogP contribution in [0.5, 0.6) is 0 Å². The van der Waals surface area contributed by atoms with Gasteiger partial charge in [-0.25, -0.2) is 4.39 Å². The third-order valence-electron chi connectivity index (χ3n) is 3.40. The van der Waals surface area contributed by atoms with Crippen molar-refractivity contribution in [3.8, 4) is 0 Å². The maximum Gasteiger partial charge on any atom is 0.142 e. The van der Waals surface area contributed by atoms with Crippen LogP contribution in [0.4, 0.5) is 4.39 Å². The molecule has 0 aliphatic rings. The van der Waals surface area contributed by atoms with Crippen molar-refractivity contribution >= 4 is 11.6 Å². The Kier molecular flexibility index (Phi) is 6.76. The Morgan fingerprint density at radius 1 is 1.26 bits per heavy atom. The zero-order valence-corrected chi connectivity index (χ0v) is 13.0. The minimum atomic E-state index is -0.357. The fourth-order valence-corrected chi connectivity index (χ4v) is 2.34. The molecule has 0 radical (unpaired) electrons. The van der Waals surface area contributed by atoms with E-state index < -0.39 is 0 Å². The van der Waals surface area contributed by atoms with E-state index in [1.807, 2.05) is 13.0 Å². The van der Waals surface area contributed by atoms with Crippen LogP contribution in [0.1, 0.15) is 39.3 Å². The summed E-state index contributed by atoms with van der Waals surface area (Å²) in [5.41, 5.74) is 0.924. The normalized spacial score (nSPS) is 14.7. The lowest BCUT2D eigenvalue weighted by atomic mass is 10.1. The van der Waals surface area contributed by atoms with Gasteiger partial charge in [0.1, 0.15) is 5.82 Å². The Bertz CT molecular complexity index is 394. The van der Waals surface area contributed by atoms with E-state index >= 15 is 0 Å². The molecular weight excluding hydrogens is 263 g/mol. The van der Waals surface area contributed by atoms with Crippen LogP contribution >= 0.6 is 11.6 Å². The molecule has 1 rings (SSSR count). The summed E-state index contributed by atoms with van der Waals surface area (Å²) in [6, 6.07) is 5.45. The fourth-order valence-electron chi connectivity index (χ4n) is 2.23. The second kappa shape index (κ2) is 7.83. The van der Waals surface area contributed by atoms with Gasteiger partial charge in [0.15, 0.2) is 0 Å². The molecule has 2 unspecified atom stereocenters. The maximum absolute atomic E-state index is 13.4. The van der Waals surface area contributed by atoms with Gasteiger partial charge in [-0.15, -0.1) is 0 Å². The highest BCUT2D eigenvalue weighted by atomic mass is 35.5. The van der Waals surface area contributed by atoms with E-state index in [1.165, 1.54) is 6.07 Å². The number of halogens is 2. The first kappa shape index (κ1) is 16.4. The van der Waals surface area contributed by atoms with Crippen LogP contribution in [0.3, 0.4) is 0 Å². The summed E-state index contributed by atoms with van der Waals surface area (Å²) < 4.78 is 13.4. The van der Waals surface area contributed by atoms with Gasteiger partial charge in [0.25, 0.3) is 0 Å². The van der Waals surface area contributed by atoms with E-state index in [0.29, 0.717) is 6.04 Å². The smallest absolute Gasteiger partial charge is 0.142 e. The van der Waals surface area contributed by atoms with Crippen molar-refractivity contribution in [2.24, 2.45) is 0 Å². The molecule has 0 heterocycles. The Hall–Kier alpha value is -0.640. The van der Waals surface area contributed by atoms with Crippen molar-refractivity contribution in [2.75, 3.05) is 19.6 Å². The van der Waals surface area contributed by atoms with Gasteiger partial charge in [-0.2, -0.15) is 0 Å². The summed E-state index contributed by atoms with van der Waals surface area (Å²) in [6.45, 7) is 11.6. The van der Waals surface area contributed by atoms with Gasteiger partial charge in [0, 0.05) is 18.6 Å². The average molecular weight is 287 g/mol. The molecule has 0 saturated heterocycles. The van der Waals surface area contributed by atoms with E-state index in [4.69, 9.17) is 11.6 Å². The minimum Gasteiger partial charge on any atom is -0.306 e. The third kappa shape index (κ3) is 5.09. The second-order valence-corrected chi connectivity index (χ2v) is 5.36. The lowest BCUT2D eigenvalue weighted by Crippen LogP contribution is -2.40. The SMILES string of the molecule is CCN(CC)CC(C)NC(C)c1ccc(Cl)c(F)c1. The van der Waals surface area contributed by atoms with Crippen LogP contribution in [-0.2, 0) is 0 Å². The maximum atomic E-state index is 13.4. The van der Waals surface area contributed by atoms with E-state index in [2.05, 4.69) is 31.0 Å². The van der Waals surface area contributed by atoms with E-state index in [1.54, 1.807) is 6.07 Å². The minimum absolute atomic E-state index is 0.109. The summed E-state index contributed by atoms with van der Waals surface area (Å²) in [4.78, 5) is 2.37. The van der Waals surface area contributed by atoms with Crippen LogP contribution in [0.15, 0.2) is 18.2 Å². The van der Waals surface area contributed by atoms with Crippen molar-refractivity contribution in [3.63, 3.8) is 0 Å². The quantitative estimate of drug-likeness (QED) is 0.819.